The quantitative estimate of drug-likeness (QED) is 0.435. The summed E-state index contributed by atoms with van der Waals surface area (Å²) in [6.07, 6.45) is 3.07. The first-order valence-corrected chi connectivity index (χ1v) is 9.91. The molecule has 1 aliphatic heterocycles. The Hall–Kier alpha value is -2.83. The van der Waals surface area contributed by atoms with E-state index in [1.54, 1.807) is 19.2 Å². The maximum atomic E-state index is 11.3. The van der Waals surface area contributed by atoms with Crippen LogP contribution in [0.15, 0.2) is 60.8 Å². The zero-order chi connectivity index (χ0) is 20.4. The first-order chi connectivity index (χ1) is 14.1. The Kier molecular flexibility index (Phi) is 5.56. The minimum Gasteiger partial charge on any atom is -0.496 e. The van der Waals surface area contributed by atoms with E-state index in [9.17, 15) is 10.1 Å². The number of nitro groups is 1. The summed E-state index contributed by atoms with van der Waals surface area (Å²) < 4.78 is 7.75. The molecule has 0 amide bonds. The Morgan fingerprint density at radius 3 is 2.76 bits per heavy atom. The molecule has 29 heavy (non-hydrogen) atoms. The maximum absolute atomic E-state index is 11.3. The second-order valence-electron chi connectivity index (χ2n) is 7.13. The predicted octanol–water partition coefficient (Wildman–Crippen LogP) is 5.05. The van der Waals surface area contributed by atoms with Crippen molar-refractivity contribution in [2.45, 2.75) is 25.6 Å². The van der Waals surface area contributed by atoms with Crippen molar-refractivity contribution in [1.82, 2.24) is 9.47 Å². The third kappa shape index (κ3) is 3.86. The Bertz CT molecular complexity index is 1030. The average Bonchev–Trinajstić information content (AvgIpc) is 3.10. The van der Waals surface area contributed by atoms with E-state index in [4.69, 9.17) is 16.3 Å². The summed E-state index contributed by atoms with van der Waals surface area (Å²) in [5, 5.41) is 12.0. The Labute approximate surface area is 174 Å². The number of hydrogen-bond acceptors (Lipinski definition) is 4. The van der Waals surface area contributed by atoms with Crippen LogP contribution in [0.1, 0.15) is 29.3 Å². The van der Waals surface area contributed by atoms with E-state index >= 15 is 0 Å². The van der Waals surface area contributed by atoms with Crippen molar-refractivity contribution in [3.8, 4) is 5.75 Å². The number of halogens is 1. The van der Waals surface area contributed by atoms with E-state index in [-0.39, 0.29) is 16.7 Å². The highest BCUT2D eigenvalue weighted by atomic mass is 35.5. The second kappa shape index (κ2) is 8.27. The molecule has 0 saturated carbocycles. The molecule has 0 unspecified atom stereocenters. The predicted molar refractivity (Wildman–Crippen MR) is 112 cm³/mol. The van der Waals surface area contributed by atoms with Crippen LogP contribution in [0.4, 0.5) is 5.69 Å². The second-order valence-corrected chi connectivity index (χ2v) is 7.53. The van der Waals surface area contributed by atoms with Crippen LogP contribution < -0.4 is 4.74 Å². The van der Waals surface area contributed by atoms with Gasteiger partial charge in [0.25, 0.3) is 5.69 Å². The van der Waals surface area contributed by atoms with E-state index in [0.717, 1.165) is 30.6 Å². The van der Waals surface area contributed by atoms with Crippen LogP contribution in [-0.4, -0.2) is 28.0 Å². The summed E-state index contributed by atoms with van der Waals surface area (Å²) >= 11 is 6.59. The van der Waals surface area contributed by atoms with Gasteiger partial charge in [0.2, 0.25) is 0 Å². The van der Waals surface area contributed by atoms with Crippen LogP contribution in [0, 0.1) is 10.1 Å². The highest BCUT2D eigenvalue weighted by molar-refractivity contribution is 6.31. The Morgan fingerprint density at radius 1 is 1.17 bits per heavy atom. The number of aryl methyl sites for hydroxylation is 1. The van der Waals surface area contributed by atoms with Gasteiger partial charge < -0.3 is 9.30 Å². The molecule has 7 heteroatoms. The van der Waals surface area contributed by atoms with E-state index in [1.165, 1.54) is 11.8 Å². The molecule has 150 valence electrons. The topological polar surface area (TPSA) is 60.5 Å². The lowest BCUT2D eigenvalue weighted by atomic mass is 10.0. The number of nitro benzene ring substituents is 1. The fourth-order valence-electron chi connectivity index (χ4n) is 4.08. The Morgan fingerprint density at radius 2 is 2.00 bits per heavy atom. The number of fused-ring (bicyclic) bond motifs is 1. The van der Waals surface area contributed by atoms with Gasteiger partial charge in [0.1, 0.15) is 5.75 Å². The summed E-state index contributed by atoms with van der Waals surface area (Å²) in [5.74, 6) is 0.646. The normalized spacial score (nSPS) is 16.8. The Balaban J connectivity index is 1.79. The number of rotatable bonds is 5. The lowest BCUT2D eigenvalue weighted by Crippen LogP contribution is -2.30. The summed E-state index contributed by atoms with van der Waals surface area (Å²) in [5.41, 5.74) is 3.05. The molecule has 0 radical (unpaired) electrons. The van der Waals surface area contributed by atoms with Gasteiger partial charge in [-0.25, -0.2) is 0 Å². The van der Waals surface area contributed by atoms with Crippen LogP contribution in [0.3, 0.4) is 0 Å². The molecule has 0 bridgehead atoms. The molecule has 4 rings (SSSR count). The number of benzene rings is 2. The average molecular weight is 412 g/mol. The standard InChI is InChI=1S/C22H22ClN3O3/c1-29-21-10-9-17(26(27)28)14-16(21)15-25-13-5-12-24-11-4-8-20(24)22(25)18-6-2-3-7-19(18)23/h2-4,6-11,14,22H,5,12-13,15H2,1H3/t22-/m1/s1. The molecule has 0 saturated heterocycles. The molecule has 0 fully saturated rings. The number of non-ortho nitro benzene ring substituents is 1. The number of aromatic nitrogens is 1. The van der Waals surface area contributed by atoms with E-state index in [1.807, 2.05) is 24.3 Å². The van der Waals surface area contributed by atoms with Gasteiger partial charge in [0.05, 0.1) is 18.1 Å². The van der Waals surface area contributed by atoms with Gasteiger partial charge in [-0.3, -0.25) is 15.0 Å². The zero-order valence-corrected chi connectivity index (χ0v) is 16.9. The van der Waals surface area contributed by atoms with Gasteiger partial charge in [0, 0.05) is 54.2 Å². The molecule has 6 nitrogen and oxygen atoms in total. The molecule has 1 aromatic heterocycles. The van der Waals surface area contributed by atoms with Gasteiger partial charge in [0.15, 0.2) is 0 Å². The number of methoxy groups -OCH3 is 1. The summed E-state index contributed by atoms with van der Waals surface area (Å²) in [6.45, 7) is 2.28. The molecule has 0 N–H and O–H groups in total. The number of hydrogen-bond donors (Lipinski definition) is 0. The molecule has 2 heterocycles. The largest absolute Gasteiger partial charge is 0.496 e. The first kappa shape index (κ1) is 19.5. The highest BCUT2D eigenvalue weighted by Crippen LogP contribution is 2.37. The summed E-state index contributed by atoms with van der Waals surface area (Å²) in [6, 6.07) is 16.7. The highest BCUT2D eigenvalue weighted by Gasteiger charge is 2.29. The van der Waals surface area contributed by atoms with Gasteiger partial charge in [-0.15, -0.1) is 0 Å². The van der Waals surface area contributed by atoms with Crippen molar-refractivity contribution in [3.63, 3.8) is 0 Å². The number of ether oxygens (including phenoxy) is 1. The summed E-state index contributed by atoms with van der Waals surface area (Å²) in [7, 11) is 1.59. The minimum atomic E-state index is -0.373. The van der Waals surface area contributed by atoms with Crippen molar-refractivity contribution >= 4 is 17.3 Å². The molecule has 0 aliphatic carbocycles. The maximum Gasteiger partial charge on any atom is 0.270 e. The van der Waals surface area contributed by atoms with Crippen LogP contribution >= 0.6 is 11.6 Å². The monoisotopic (exact) mass is 411 g/mol. The number of nitrogens with zero attached hydrogens (tertiary/aromatic N) is 3. The van der Waals surface area contributed by atoms with Gasteiger partial charge >= 0.3 is 0 Å². The third-order valence-corrected chi connectivity index (χ3v) is 5.75. The lowest BCUT2D eigenvalue weighted by molar-refractivity contribution is -0.385. The van der Waals surface area contributed by atoms with Crippen molar-refractivity contribution in [2.24, 2.45) is 0 Å². The van der Waals surface area contributed by atoms with Crippen LogP contribution in [0.2, 0.25) is 5.02 Å². The minimum absolute atomic E-state index is 0.0508. The SMILES string of the molecule is COc1ccc([N+](=O)[O-])cc1CN1CCCn2cccc2[C@H]1c1ccccc1Cl. The van der Waals surface area contributed by atoms with Crippen LogP contribution in [0.25, 0.3) is 0 Å². The lowest BCUT2D eigenvalue weighted by Gasteiger charge is -2.31. The molecule has 2 aromatic carbocycles. The van der Waals surface area contributed by atoms with E-state index in [0.29, 0.717) is 17.3 Å². The van der Waals surface area contributed by atoms with Crippen molar-refractivity contribution in [1.29, 1.82) is 0 Å². The molecular formula is C22H22ClN3O3. The van der Waals surface area contributed by atoms with Gasteiger partial charge in [-0.05, 0) is 36.2 Å². The fourth-order valence-corrected chi connectivity index (χ4v) is 4.32. The van der Waals surface area contributed by atoms with E-state index < -0.39 is 0 Å². The summed E-state index contributed by atoms with van der Waals surface area (Å²) in [4.78, 5) is 13.2. The molecule has 3 aromatic rings. The van der Waals surface area contributed by atoms with Crippen LogP contribution in [0.5, 0.6) is 5.75 Å². The van der Waals surface area contributed by atoms with E-state index in [2.05, 4.69) is 27.8 Å². The van der Waals surface area contributed by atoms with Crippen LogP contribution in [-0.2, 0) is 13.1 Å². The van der Waals surface area contributed by atoms with Crippen molar-refractivity contribution < 1.29 is 9.66 Å². The molecular weight excluding hydrogens is 390 g/mol. The van der Waals surface area contributed by atoms with Crippen molar-refractivity contribution in [3.05, 3.63) is 92.8 Å². The molecule has 0 spiro atoms. The van der Waals surface area contributed by atoms with Gasteiger partial charge in [-0.2, -0.15) is 0 Å². The molecule has 1 atom stereocenters. The first-order valence-electron chi connectivity index (χ1n) is 9.53. The fraction of sp³-hybridized carbons (Fsp3) is 0.273. The van der Waals surface area contributed by atoms with Gasteiger partial charge in [-0.1, -0.05) is 29.8 Å². The smallest absolute Gasteiger partial charge is 0.270 e. The van der Waals surface area contributed by atoms with Crippen molar-refractivity contribution in [2.75, 3.05) is 13.7 Å². The third-order valence-electron chi connectivity index (χ3n) is 5.40. The molecule has 1 aliphatic rings. The zero-order valence-electron chi connectivity index (χ0n) is 16.1.